The number of nitrogens with zero attached hydrogens (tertiary/aromatic N) is 1. The summed E-state index contributed by atoms with van der Waals surface area (Å²) in [5.41, 5.74) is 3.79. The van der Waals surface area contributed by atoms with Crippen molar-refractivity contribution >= 4 is 28.4 Å². The molecule has 4 rings (SSSR count). The fourth-order valence-electron chi connectivity index (χ4n) is 2.93. The second-order valence-electron chi connectivity index (χ2n) is 6.58. The molecule has 0 aliphatic heterocycles. The van der Waals surface area contributed by atoms with Crippen LogP contribution in [-0.2, 0) is 4.79 Å². The molecule has 0 atom stereocenters. The summed E-state index contributed by atoms with van der Waals surface area (Å²) in [5, 5.41) is 6.66. The van der Waals surface area contributed by atoms with Gasteiger partial charge < -0.3 is 10.6 Å². The summed E-state index contributed by atoms with van der Waals surface area (Å²) in [7, 11) is 0. The summed E-state index contributed by atoms with van der Waals surface area (Å²) in [5.74, 6) is -0.164. The second kappa shape index (κ2) is 6.59. The van der Waals surface area contributed by atoms with Crippen molar-refractivity contribution in [1.29, 1.82) is 0 Å². The van der Waals surface area contributed by atoms with Gasteiger partial charge in [-0.25, -0.2) is 4.98 Å². The average molecular weight is 345 g/mol. The van der Waals surface area contributed by atoms with E-state index in [1.165, 1.54) is 6.92 Å². The maximum Gasteiger partial charge on any atom is 0.252 e. The molecule has 2 N–H and O–H groups in total. The van der Waals surface area contributed by atoms with E-state index >= 15 is 0 Å². The minimum atomic E-state index is -0.111. The first kappa shape index (κ1) is 16.3. The third kappa shape index (κ3) is 3.42. The van der Waals surface area contributed by atoms with Crippen LogP contribution in [0.1, 0.15) is 30.1 Å². The monoisotopic (exact) mass is 345 g/mol. The molecule has 1 aromatic heterocycles. The third-order valence-corrected chi connectivity index (χ3v) is 4.37. The molecule has 1 fully saturated rings. The first-order valence-electron chi connectivity index (χ1n) is 8.69. The van der Waals surface area contributed by atoms with Gasteiger partial charge in [-0.2, -0.15) is 0 Å². The Morgan fingerprint density at radius 1 is 1.04 bits per heavy atom. The van der Waals surface area contributed by atoms with E-state index in [0.717, 1.165) is 40.7 Å². The Morgan fingerprint density at radius 3 is 2.46 bits per heavy atom. The first-order valence-corrected chi connectivity index (χ1v) is 8.69. The van der Waals surface area contributed by atoms with E-state index in [1.807, 2.05) is 54.6 Å². The van der Waals surface area contributed by atoms with Crippen LogP contribution < -0.4 is 10.6 Å². The second-order valence-corrected chi connectivity index (χ2v) is 6.58. The number of carbonyl (C=O) groups excluding carboxylic acids is 2. The zero-order valence-corrected chi connectivity index (χ0v) is 14.5. The molecule has 5 heteroatoms. The maximum absolute atomic E-state index is 12.7. The standard InChI is InChI=1S/C21H19N3O2/c1-13(25)22-15-8-6-14(7-9-15)20-12-18(21(26)23-16-10-11-16)17-4-2-3-5-19(17)24-20/h2-9,12,16H,10-11H2,1H3,(H,22,25)(H,23,26). The molecule has 26 heavy (non-hydrogen) atoms. The van der Waals surface area contributed by atoms with Gasteiger partial charge in [-0.3, -0.25) is 9.59 Å². The number of pyridine rings is 1. The Kier molecular flexibility index (Phi) is 4.13. The van der Waals surface area contributed by atoms with E-state index < -0.39 is 0 Å². The summed E-state index contributed by atoms with van der Waals surface area (Å²) in [6.07, 6.45) is 2.10. The van der Waals surface area contributed by atoms with Gasteiger partial charge in [0.2, 0.25) is 5.91 Å². The molecular formula is C21H19N3O2. The van der Waals surface area contributed by atoms with Crippen molar-refractivity contribution in [3.05, 3.63) is 60.2 Å². The maximum atomic E-state index is 12.7. The Morgan fingerprint density at radius 2 is 1.77 bits per heavy atom. The van der Waals surface area contributed by atoms with Crippen molar-refractivity contribution < 1.29 is 9.59 Å². The molecule has 0 bridgehead atoms. The summed E-state index contributed by atoms with van der Waals surface area (Å²) < 4.78 is 0. The topological polar surface area (TPSA) is 71.1 Å². The molecule has 1 heterocycles. The van der Waals surface area contributed by atoms with Gasteiger partial charge in [0.1, 0.15) is 0 Å². The number of hydrogen-bond acceptors (Lipinski definition) is 3. The van der Waals surface area contributed by atoms with E-state index in [1.54, 1.807) is 0 Å². The molecule has 1 aliphatic rings. The van der Waals surface area contributed by atoms with Crippen LogP contribution in [0.5, 0.6) is 0 Å². The average Bonchev–Trinajstić information content (AvgIpc) is 3.45. The Bertz CT molecular complexity index is 992. The minimum absolute atomic E-state index is 0.0535. The molecule has 0 saturated heterocycles. The molecule has 130 valence electrons. The lowest BCUT2D eigenvalue weighted by Gasteiger charge is -2.11. The number of rotatable bonds is 4. The number of nitrogens with one attached hydrogen (secondary N) is 2. The number of benzene rings is 2. The lowest BCUT2D eigenvalue weighted by atomic mass is 10.0. The van der Waals surface area contributed by atoms with Crippen molar-refractivity contribution in [2.24, 2.45) is 0 Å². The van der Waals surface area contributed by atoms with Crippen LogP contribution in [0.4, 0.5) is 5.69 Å². The normalized spacial score (nSPS) is 13.4. The molecule has 1 aliphatic carbocycles. The molecule has 2 amide bonds. The highest BCUT2D eigenvalue weighted by molar-refractivity contribution is 6.07. The molecule has 0 radical (unpaired) electrons. The third-order valence-electron chi connectivity index (χ3n) is 4.37. The quantitative estimate of drug-likeness (QED) is 0.756. The summed E-state index contributed by atoms with van der Waals surface area (Å²) >= 11 is 0. The first-order chi connectivity index (χ1) is 12.6. The zero-order chi connectivity index (χ0) is 18.1. The summed E-state index contributed by atoms with van der Waals surface area (Å²) in [6.45, 7) is 1.48. The van der Waals surface area contributed by atoms with E-state index in [2.05, 4.69) is 10.6 Å². The lowest BCUT2D eigenvalue weighted by Crippen LogP contribution is -2.25. The predicted octanol–water partition coefficient (Wildman–Crippen LogP) is 3.75. The molecule has 0 spiro atoms. The van der Waals surface area contributed by atoms with E-state index in [0.29, 0.717) is 11.6 Å². The van der Waals surface area contributed by atoms with Crippen LogP contribution in [0, 0.1) is 0 Å². The van der Waals surface area contributed by atoms with Crippen molar-refractivity contribution in [3.63, 3.8) is 0 Å². The number of amides is 2. The zero-order valence-electron chi connectivity index (χ0n) is 14.5. The summed E-state index contributed by atoms with van der Waals surface area (Å²) in [6, 6.07) is 17.3. The fourth-order valence-corrected chi connectivity index (χ4v) is 2.93. The predicted molar refractivity (Wildman–Crippen MR) is 102 cm³/mol. The van der Waals surface area contributed by atoms with Crippen LogP contribution in [0.3, 0.4) is 0 Å². The lowest BCUT2D eigenvalue weighted by molar-refractivity contribution is -0.114. The van der Waals surface area contributed by atoms with E-state index in [-0.39, 0.29) is 11.8 Å². The minimum Gasteiger partial charge on any atom is -0.349 e. The van der Waals surface area contributed by atoms with Gasteiger partial charge in [0.05, 0.1) is 16.8 Å². The van der Waals surface area contributed by atoms with Gasteiger partial charge in [-0.15, -0.1) is 0 Å². The van der Waals surface area contributed by atoms with Crippen molar-refractivity contribution in [2.75, 3.05) is 5.32 Å². The number of para-hydroxylation sites is 1. The molecule has 1 saturated carbocycles. The molecular weight excluding hydrogens is 326 g/mol. The van der Waals surface area contributed by atoms with Gasteiger partial charge in [0, 0.05) is 29.6 Å². The largest absolute Gasteiger partial charge is 0.349 e. The van der Waals surface area contributed by atoms with Crippen LogP contribution >= 0.6 is 0 Å². The number of anilines is 1. The van der Waals surface area contributed by atoms with Gasteiger partial charge in [-0.1, -0.05) is 30.3 Å². The van der Waals surface area contributed by atoms with Crippen LogP contribution in [0.15, 0.2) is 54.6 Å². The molecule has 2 aromatic carbocycles. The highest BCUT2D eigenvalue weighted by atomic mass is 16.2. The van der Waals surface area contributed by atoms with E-state index in [9.17, 15) is 9.59 Å². The number of carbonyl (C=O) groups is 2. The number of fused-ring (bicyclic) bond motifs is 1. The van der Waals surface area contributed by atoms with Gasteiger partial charge in [0.25, 0.3) is 5.91 Å². The highest BCUT2D eigenvalue weighted by Gasteiger charge is 2.25. The van der Waals surface area contributed by atoms with Gasteiger partial charge in [-0.05, 0) is 37.1 Å². The Hall–Kier alpha value is -3.21. The smallest absolute Gasteiger partial charge is 0.252 e. The SMILES string of the molecule is CC(=O)Nc1ccc(-c2cc(C(=O)NC3CC3)c3ccccc3n2)cc1. The fraction of sp³-hybridized carbons (Fsp3) is 0.190. The molecule has 0 unspecified atom stereocenters. The van der Waals surface area contributed by atoms with Gasteiger partial charge >= 0.3 is 0 Å². The number of hydrogen-bond donors (Lipinski definition) is 2. The molecule has 5 nitrogen and oxygen atoms in total. The van der Waals surface area contributed by atoms with Crippen molar-refractivity contribution in [2.45, 2.75) is 25.8 Å². The Balaban J connectivity index is 1.75. The van der Waals surface area contributed by atoms with Crippen molar-refractivity contribution in [3.8, 4) is 11.3 Å². The van der Waals surface area contributed by atoms with E-state index in [4.69, 9.17) is 4.98 Å². The summed E-state index contributed by atoms with van der Waals surface area (Å²) in [4.78, 5) is 28.5. The highest BCUT2D eigenvalue weighted by Crippen LogP contribution is 2.27. The van der Waals surface area contributed by atoms with Crippen LogP contribution in [0.25, 0.3) is 22.2 Å². The van der Waals surface area contributed by atoms with Crippen LogP contribution in [-0.4, -0.2) is 22.8 Å². The van der Waals surface area contributed by atoms with Crippen molar-refractivity contribution in [1.82, 2.24) is 10.3 Å². The Labute approximate surface area is 151 Å². The number of aromatic nitrogens is 1. The van der Waals surface area contributed by atoms with Crippen LogP contribution in [0.2, 0.25) is 0 Å². The molecule has 3 aromatic rings. The van der Waals surface area contributed by atoms with Gasteiger partial charge in [0.15, 0.2) is 0 Å².